The molecule has 0 heterocycles. The molecule has 1 atom stereocenters. The summed E-state index contributed by atoms with van der Waals surface area (Å²) in [6.45, 7) is 7.07. The highest BCUT2D eigenvalue weighted by Crippen LogP contribution is 2.24. The van der Waals surface area contributed by atoms with Crippen molar-refractivity contribution >= 4 is 12.1 Å². The number of amides is 1. The van der Waals surface area contributed by atoms with Crippen molar-refractivity contribution < 1.29 is 29.6 Å². The van der Waals surface area contributed by atoms with Gasteiger partial charge in [0.15, 0.2) is 11.6 Å². The van der Waals surface area contributed by atoms with Gasteiger partial charge in [0, 0.05) is 1.43 Å². The van der Waals surface area contributed by atoms with E-state index >= 15 is 0 Å². The molecule has 0 aliphatic rings. The second kappa shape index (κ2) is 8.52. The average Bonchev–Trinajstić information content (AvgIpc) is 2.44. The van der Waals surface area contributed by atoms with Crippen LogP contribution >= 0.6 is 0 Å². The van der Waals surface area contributed by atoms with Gasteiger partial charge < -0.3 is 19.5 Å². The van der Waals surface area contributed by atoms with Crippen molar-refractivity contribution in [3.05, 3.63) is 29.6 Å². The molecule has 0 unspecified atom stereocenters. The fraction of sp³-hybridized carbons (Fsp3) is 0.529. The molecule has 6 nitrogen and oxygen atoms in total. The summed E-state index contributed by atoms with van der Waals surface area (Å²) in [5.41, 5.74) is -0.281. The molecule has 1 N–H and O–H groups in total. The van der Waals surface area contributed by atoms with E-state index in [1.165, 1.54) is 19.2 Å². The number of rotatable bonds is 6. The van der Waals surface area contributed by atoms with E-state index in [0.717, 1.165) is 0 Å². The summed E-state index contributed by atoms with van der Waals surface area (Å²) < 4.78 is 28.9. The van der Waals surface area contributed by atoms with E-state index in [2.05, 4.69) is 5.32 Å². The Morgan fingerprint density at radius 2 is 2.00 bits per heavy atom. The van der Waals surface area contributed by atoms with Crippen molar-refractivity contribution in [2.75, 3.05) is 13.7 Å². The van der Waals surface area contributed by atoms with Gasteiger partial charge in [-0.25, -0.2) is 9.18 Å². The van der Waals surface area contributed by atoms with Crippen molar-refractivity contribution in [2.45, 2.75) is 45.8 Å². The molecule has 1 aromatic carbocycles. The number of halogens is 1. The predicted octanol–water partition coefficient (Wildman–Crippen LogP) is 3.60. The van der Waals surface area contributed by atoms with E-state index in [1.807, 2.05) is 0 Å². The van der Waals surface area contributed by atoms with E-state index in [9.17, 15) is 14.0 Å². The Morgan fingerprint density at radius 1 is 1.33 bits per heavy atom. The van der Waals surface area contributed by atoms with E-state index in [1.54, 1.807) is 33.8 Å². The zero-order valence-corrected chi connectivity index (χ0v) is 14.6. The minimum atomic E-state index is -0.778. The third-order valence-electron chi connectivity index (χ3n) is 2.95. The van der Waals surface area contributed by atoms with Crippen molar-refractivity contribution in [1.82, 2.24) is 5.32 Å². The van der Waals surface area contributed by atoms with Crippen LogP contribution in [0.25, 0.3) is 0 Å². The number of alkyl carbamates (subject to hydrolysis) is 1. The van der Waals surface area contributed by atoms with Gasteiger partial charge in [-0.05, 0) is 45.4 Å². The molecular weight excluding hydrogens is 317 g/mol. The highest BCUT2D eigenvalue weighted by molar-refractivity contribution is 5.73. The first-order valence-corrected chi connectivity index (χ1v) is 7.64. The molecule has 0 radical (unpaired) electrons. The standard InChI is InChI=1S/C17H24FNO5.H2/c1-6-23-15(20)10-13(19-16(21)24-17(2,3)4)11-7-8-14(22-5)12(18)9-11;/h7-9,13H,6,10H2,1-5H3,(H,19,21);1H/t13-;/m0./s1. The van der Waals surface area contributed by atoms with Gasteiger partial charge in [-0.1, -0.05) is 6.07 Å². The lowest BCUT2D eigenvalue weighted by Gasteiger charge is -2.23. The summed E-state index contributed by atoms with van der Waals surface area (Å²) >= 11 is 0. The van der Waals surface area contributed by atoms with Crippen molar-refractivity contribution in [2.24, 2.45) is 0 Å². The van der Waals surface area contributed by atoms with Crippen LogP contribution in [0.3, 0.4) is 0 Å². The van der Waals surface area contributed by atoms with Gasteiger partial charge in [0.2, 0.25) is 0 Å². The number of hydrogen-bond donors (Lipinski definition) is 1. The topological polar surface area (TPSA) is 73.9 Å². The lowest BCUT2D eigenvalue weighted by molar-refractivity contribution is -0.143. The zero-order valence-electron chi connectivity index (χ0n) is 14.6. The normalized spacial score (nSPS) is 12.2. The van der Waals surface area contributed by atoms with Crippen molar-refractivity contribution in [1.29, 1.82) is 0 Å². The molecule has 0 aliphatic carbocycles. The number of benzene rings is 1. The first kappa shape index (κ1) is 19.7. The number of ether oxygens (including phenoxy) is 3. The van der Waals surface area contributed by atoms with Gasteiger partial charge in [-0.2, -0.15) is 0 Å². The fourth-order valence-electron chi connectivity index (χ4n) is 1.99. The molecular formula is C17H26FNO5. The summed E-state index contributed by atoms with van der Waals surface area (Å²) in [7, 11) is 1.35. The molecule has 7 heteroatoms. The highest BCUT2D eigenvalue weighted by atomic mass is 19.1. The number of esters is 1. The molecule has 0 saturated heterocycles. The number of carbonyl (C=O) groups excluding carboxylic acids is 2. The Balaban J connectivity index is 0.00000576. The molecule has 1 rings (SSSR count). The smallest absolute Gasteiger partial charge is 0.408 e. The van der Waals surface area contributed by atoms with Crippen molar-refractivity contribution in [3.8, 4) is 5.75 Å². The molecule has 1 amide bonds. The van der Waals surface area contributed by atoms with Gasteiger partial charge in [0.05, 0.1) is 26.2 Å². The summed E-state index contributed by atoms with van der Waals surface area (Å²) in [5, 5.41) is 2.57. The van der Waals surface area contributed by atoms with E-state index in [4.69, 9.17) is 14.2 Å². The van der Waals surface area contributed by atoms with Crippen LogP contribution in [0.4, 0.5) is 9.18 Å². The summed E-state index contributed by atoms with van der Waals surface area (Å²) in [5.74, 6) is -1.02. The summed E-state index contributed by atoms with van der Waals surface area (Å²) in [4.78, 5) is 23.8. The average molecular weight is 343 g/mol. The minimum Gasteiger partial charge on any atom is -0.494 e. The number of methoxy groups -OCH3 is 1. The fourth-order valence-corrected chi connectivity index (χ4v) is 1.99. The number of hydrogen-bond acceptors (Lipinski definition) is 5. The molecule has 24 heavy (non-hydrogen) atoms. The second-order valence-electron chi connectivity index (χ2n) is 6.10. The number of carbonyl (C=O) groups is 2. The van der Waals surface area contributed by atoms with Crippen LogP contribution in [-0.4, -0.2) is 31.4 Å². The van der Waals surface area contributed by atoms with E-state index in [0.29, 0.717) is 5.56 Å². The molecule has 136 valence electrons. The molecule has 0 bridgehead atoms. The molecule has 1 aromatic rings. The van der Waals surface area contributed by atoms with Crippen LogP contribution in [-0.2, 0) is 14.3 Å². The Morgan fingerprint density at radius 3 is 2.50 bits per heavy atom. The Labute approximate surface area is 142 Å². The monoisotopic (exact) mass is 343 g/mol. The zero-order chi connectivity index (χ0) is 18.3. The van der Waals surface area contributed by atoms with Gasteiger partial charge in [-0.15, -0.1) is 0 Å². The maximum atomic E-state index is 13.9. The van der Waals surface area contributed by atoms with Crippen LogP contribution in [0.5, 0.6) is 5.75 Å². The number of nitrogens with one attached hydrogen (secondary N) is 1. The Hall–Kier alpha value is -2.31. The molecule has 0 aromatic heterocycles. The summed E-state index contributed by atoms with van der Waals surface area (Å²) in [6, 6.07) is 3.43. The van der Waals surface area contributed by atoms with Crippen molar-refractivity contribution in [3.63, 3.8) is 0 Å². The van der Waals surface area contributed by atoms with Gasteiger partial charge in [0.1, 0.15) is 5.60 Å². The first-order valence-electron chi connectivity index (χ1n) is 7.64. The molecule has 0 aliphatic heterocycles. The maximum Gasteiger partial charge on any atom is 0.408 e. The third-order valence-corrected chi connectivity index (χ3v) is 2.95. The quantitative estimate of drug-likeness (QED) is 0.799. The van der Waals surface area contributed by atoms with Gasteiger partial charge in [-0.3, -0.25) is 4.79 Å². The van der Waals surface area contributed by atoms with Crippen LogP contribution in [0.2, 0.25) is 0 Å². The SMILES string of the molecule is CCOC(=O)C[C@H](NC(=O)OC(C)(C)C)c1ccc(OC)c(F)c1.[HH]. The molecule has 0 saturated carbocycles. The predicted molar refractivity (Wildman–Crippen MR) is 88.4 cm³/mol. The van der Waals surface area contributed by atoms with E-state index < -0.39 is 29.5 Å². The molecule has 0 fully saturated rings. The van der Waals surface area contributed by atoms with Crippen LogP contribution in [0.1, 0.15) is 47.1 Å². The second-order valence-corrected chi connectivity index (χ2v) is 6.10. The third kappa shape index (κ3) is 6.44. The summed E-state index contributed by atoms with van der Waals surface area (Å²) in [6.07, 6.45) is -0.841. The Bertz CT molecular complexity index is 589. The minimum absolute atomic E-state index is 0. The maximum absolute atomic E-state index is 13.9. The largest absolute Gasteiger partial charge is 0.494 e. The lowest BCUT2D eigenvalue weighted by atomic mass is 10.0. The highest BCUT2D eigenvalue weighted by Gasteiger charge is 2.24. The Kier molecular flexibility index (Phi) is 7.00. The molecule has 0 spiro atoms. The van der Waals surface area contributed by atoms with Gasteiger partial charge >= 0.3 is 12.1 Å². The van der Waals surface area contributed by atoms with Crippen LogP contribution in [0, 0.1) is 5.82 Å². The van der Waals surface area contributed by atoms with Crippen LogP contribution < -0.4 is 10.1 Å². The lowest BCUT2D eigenvalue weighted by Crippen LogP contribution is -2.36. The van der Waals surface area contributed by atoms with Gasteiger partial charge in [0.25, 0.3) is 0 Å². The first-order chi connectivity index (χ1) is 11.2. The van der Waals surface area contributed by atoms with Crippen LogP contribution in [0.15, 0.2) is 18.2 Å². The van der Waals surface area contributed by atoms with E-state index in [-0.39, 0.29) is 20.2 Å².